The number of halogens is 1. The van der Waals surface area contributed by atoms with Crippen molar-refractivity contribution in [3.05, 3.63) is 35.8 Å². The van der Waals surface area contributed by atoms with Crippen molar-refractivity contribution in [1.82, 2.24) is 10.3 Å². The maximum atomic E-state index is 13.0. The number of ketones is 1. The van der Waals surface area contributed by atoms with Crippen LogP contribution in [-0.2, 0) is 4.79 Å². The van der Waals surface area contributed by atoms with Crippen LogP contribution in [0.3, 0.4) is 0 Å². The lowest BCUT2D eigenvalue weighted by molar-refractivity contribution is -0.117. The van der Waals surface area contributed by atoms with Crippen LogP contribution in [0.25, 0.3) is 10.9 Å². The van der Waals surface area contributed by atoms with Gasteiger partial charge in [0.05, 0.1) is 5.56 Å². The van der Waals surface area contributed by atoms with Crippen molar-refractivity contribution in [2.75, 3.05) is 0 Å². The van der Waals surface area contributed by atoms with E-state index in [9.17, 15) is 14.0 Å². The summed E-state index contributed by atoms with van der Waals surface area (Å²) in [5.41, 5.74) is 0.749. The van der Waals surface area contributed by atoms with Crippen molar-refractivity contribution in [3.63, 3.8) is 0 Å². The summed E-state index contributed by atoms with van der Waals surface area (Å²) in [6, 6.07) is 3.92. The van der Waals surface area contributed by atoms with Gasteiger partial charge >= 0.3 is 0 Å². The van der Waals surface area contributed by atoms with Crippen LogP contribution in [-0.4, -0.2) is 22.7 Å². The number of fused-ring (bicyclic) bond motifs is 1. The quantitative estimate of drug-likeness (QED) is 0.644. The van der Waals surface area contributed by atoms with Crippen molar-refractivity contribution < 1.29 is 14.0 Å². The normalized spacial score (nSPS) is 10.9. The van der Waals surface area contributed by atoms with Crippen molar-refractivity contribution in [3.8, 4) is 0 Å². The van der Waals surface area contributed by atoms with Gasteiger partial charge in [-0.05, 0) is 32.0 Å². The van der Waals surface area contributed by atoms with Gasteiger partial charge in [0.15, 0.2) is 0 Å². The van der Waals surface area contributed by atoms with Gasteiger partial charge in [0.1, 0.15) is 5.82 Å². The highest BCUT2D eigenvalue weighted by Gasteiger charge is 2.20. The zero-order valence-electron chi connectivity index (χ0n) is 10.1. The number of benzene rings is 1. The third kappa shape index (κ3) is 2.25. The van der Waals surface area contributed by atoms with Crippen molar-refractivity contribution in [2.24, 2.45) is 0 Å². The zero-order valence-corrected chi connectivity index (χ0v) is 10.1. The molecule has 0 saturated heterocycles. The molecule has 0 atom stereocenters. The maximum absolute atomic E-state index is 13.0. The van der Waals surface area contributed by atoms with Gasteiger partial charge in [0.2, 0.25) is 0 Å². The Hall–Kier alpha value is -2.17. The minimum atomic E-state index is -0.657. The van der Waals surface area contributed by atoms with Crippen LogP contribution in [0.4, 0.5) is 4.39 Å². The first-order valence-electron chi connectivity index (χ1n) is 5.61. The average Bonchev–Trinajstić information content (AvgIpc) is 2.69. The maximum Gasteiger partial charge on any atom is 0.292 e. The number of aromatic nitrogens is 1. The molecule has 0 aliphatic rings. The molecule has 0 aliphatic carbocycles. The number of carbonyl (C=O) groups is 2. The average molecular weight is 248 g/mol. The molecule has 4 nitrogen and oxygen atoms in total. The molecule has 1 heterocycles. The first-order valence-corrected chi connectivity index (χ1v) is 5.61. The molecule has 1 aromatic carbocycles. The van der Waals surface area contributed by atoms with Crippen LogP contribution in [0.5, 0.6) is 0 Å². The highest BCUT2D eigenvalue weighted by Crippen LogP contribution is 2.19. The molecule has 0 aliphatic heterocycles. The number of hydrogen-bond donors (Lipinski definition) is 2. The summed E-state index contributed by atoms with van der Waals surface area (Å²) in [5.74, 6) is -1.67. The second kappa shape index (κ2) is 4.60. The standard InChI is InChI=1S/C13H13FN2O2/c1-7(2)16-13(18)12(17)10-6-15-11-5-8(14)3-4-9(10)11/h3-7,15H,1-2H3,(H,16,18). The van der Waals surface area contributed by atoms with Crippen LogP contribution < -0.4 is 5.32 Å². The molecule has 0 unspecified atom stereocenters. The topological polar surface area (TPSA) is 62.0 Å². The van der Waals surface area contributed by atoms with E-state index >= 15 is 0 Å². The van der Waals surface area contributed by atoms with Gasteiger partial charge in [-0.25, -0.2) is 4.39 Å². The van der Waals surface area contributed by atoms with E-state index < -0.39 is 17.5 Å². The largest absolute Gasteiger partial charge is 0.360 e. The van der Waals surface area contributed by atoms with Crippen LogP contribution >= 0.6 is 0 Å². The fourth-order valence-electron chi connectivity index (χ4n) is 1.74. The number of hydrogen-bond acceptors (Lipinski definition) is 2. The molecular weight excluding hydrogens is 235 g/mol. The molecule has 0 fully saturated rings. The summed E-state index contributed by atoms with van der Waals surface area (Å²) in [6.45, 7) is 3.55. The van der Waals surface area contributed by atoms with E-state index in [0.717, 1.165) is 0 Å². The van der Waals surface area contributed by atoms with Gasteiger partial charge in [-0.2, -0.15) is 0 Å². The van der Waals surface area contributed by atoms with Gasteiger partial charge in [-0.1, -0.05) is 0 Å². The monoisotopic (exact) mass is 248 g/mol. The minimum Gasteiger partial charge on any atom is -0.360 e. The Balaban J connectivity index is 2.37. The summed E-state index contributed by atoms with van der Waals surface area (Å²) in [4.78, 5) is 26.3. The van der Waals surface area contributed by atoms with Crippen molar-refractivity contribution in [1.29, 1.82) is 0 Å². The van der Waals surface area contributed by atoms with E-state index in [0.29, 0.717) is 10.9 Å². The van der Waals surface area contributed by atoms with Crippen LogP contribution in [0.2, 0.25) is 0 Å². The Bertz CT molecular complexity index is 616. The van der Waals surface area contributed by atoms with Crippen LogP contribution in [0, 0.1) is 5.82 Å². The van der Waals surface area contributed by atoms with E-state index in [1.807, 2.05) is 0 Å². The summed E-state index contributed by atoms with van der Waals surface area (Å²) in [7, 11) is 0. The Kier molecular flexibility index (Phi) is 3.14. The van der Waals surface area contributed by atoms with Crippen molar-refractivity contribution >= 4 is 22.6 Å². The second-order valence-electron chi connectivity index (χ2n) is 4.35. The number of H-pyrrole nitrogens is 1. The molecule has 0 spiro atoms. The SMILES string of the molecule is CC(C)NC(=O)C(=O)c1c[nH]c2cc(F)ccc12. The van der Waals surface area contributed by atoms with Crippen LogP contribution in [0.1, 0.15) is 24.2 Å². The molecule has 0 saturated carbocycles. The third-order valence-corrected chi connectivity index (χ3v) is 2.51. The lowest BCUT2D eigenvalue weighted by Crippen LogP contribution is -2.35. The van der Waals surface area contributed by atoms with Gasteiger partial charge in [0.25, 0.3) is 11.7 Å². The molecule has 18 heavy (non-hydrogen) atoms. The van der Waals surface area contributed by atoms with E-state index in [-0.39, 0.29) is 11.6 Å². The minimum absolute atomic E-state index is 0.107. The van der Waals surface area contributed by atoms with Gasteiger partial charge in [0, 0.05) is 23.1 Å². The molecule has 1 amide bonds. The molecule has 0 radical (unpaired) electrons. The van der Waals surface area contributed by atoms with Crippen molar-refractivity contribution in [2.45, 2.75) is 19.9 Å². The Morgan fingerprint density at radius 1 is 1.33 bits per heavy atom. The summed E-state index contributed by atoms with van der Waals surface area (Å²) >= 11 is 0. The molecule has 94 valence electrons. The smallest absolute Gasteiger partial charge is 0.292 e. The lowest BCUT2D eigenvalue weighted by atomic mass is 10.1. The molecular formula is C13H13FN2O2. The lowest BCUT2D eigenvalue weighted by Gasteiger charge is -2.06. The highest BCUT2D eigenvalue weighted by molar-refractivity contribution is 6.45. The number of rotatable bonds is 3. The first kappa shape index (κ1) is 12.3. The third-order valence-electron chi connectivity index (χ3n) is 2.51. The predicted octanol–water partition coefficient (Wildman–Crippen LogP) is 2.01. The van der Waals surface area contributed by atoms with E-state index in [2.05, 4.69) is 10.3 Å². The van der Waals surface area contributed by atoms with Gasteiger partial charge in [-0.15, -0.1) is 0 Å². The van der Waals surface area contributed by atoms with E-state index in [1.165, 1.54) is 24.4 Å². The Morgan fingerprint density at radius 3 is 2.72 bits per heavy atom. The summed E-state index contributed by atoms with van der Waals surface area (Å²) < 4.78 is 13.0. The summed E-state index contributed by atoms with van der Waals surface area (Å²) in [6.07, 6.45) is 1.42. The first-order chi connectivity index (χ1) is 8.49. The van der Waals surface area contributed by atoms with E-state index in [1.54, 1.807) is 13.8 Å². The van der Waals surface area contributed by atoms with Gasteiger partial charge < -0.3 is 10.3 Å². The molecule has 5 heteroatoms. The molecule has 0 bridgehead atoms. The van der Waals surface area contributed by atoms with Crippen LogP contribution in [0.15, 0.2) is 24.4 Å². The number of amides is 1. The fourth-order valence-corrected chi connectivity index (χ4v) is 1.74. The Morgan fingerprint density at radius 2 is 2.06 bits per heavy atom. The number of carbonyl (C=O) groups excluding carboxylic acids is 2. The molecule has 2 aromatic rings. The zero-order chi connectivity index (χ0) is 13.3. The number of Topliss-reactive ketones (excluding diaryl/α,β-unsaturated/α-hetero) is 1. The van der Waals surface area contributed by atoms with Gasteiger partial charge in [-0.3, -0.25) is 9.59 Å². The molecule has 1 aromatic heterocycles. The second-order valence-corrected chi connectivity index (χ2v) is 4.35. The Labute approximate surface area is 103 Å². The highest BCUT2D eigenvalue weighted by atomic mass is 19.1. The number of aromatic amines is 1. The summed E-state index contributed by atoms with van der Waals surface area (Å²) in [5, 5.41) is 3.07. The number of nitrogens with one attached hydrogen (secondary N) is 2. The molecule has 2 N–H and O–H groups in total. The fraction of sp³-hybridized carbons (Fsp3) is 0.231. The predicted molar refractivity (Wildman–Crippen MR) is 65.9 cm³/mol. The molecule has 2 rings (SSSR count). The van der Waals surface area contributed by atoms with E-state index in [4.69, 9.17) is 0 Å².